The van der Waals surface area contributed by atoms with E-state index in [9.17, 15) is 13.2 Å². The summed E-state index contributed by atoms with van der Waals surface area (Å²) in [5, 5.41) is 0. The summed E-state index contributed by atoms with van der Waals surface area (Å²) in [6, 6.07) is 10.3. The number of amides is 1. The molecule has 2 aromatic carbocycles. The molecule has 0 aromatic heterocycles. The molecule has 0 aliphatic carbocycles. The topological polar surface area (TPSA) is 76.2 Å². The van der Waals surface area contributed by atoms with E-state index in [4.69, 9.17) is 9.47 Å². The molecule has 2 aliphatic rings. The third-order valence-corrected chi connectivity index (χ3v) is 7.84. The van der Waals surface area contributed by atoms with Crippen molar-refractivity contribution in [2.24, 2.45) is 0 Å². The molecule has 1 unspecified atom stereocenters. The first-order valence-electron chi connectivity index (χ1n) is 10.0. The van der Waals surface area contributed by atoms with Gasteiger partial charge in [-0.2, -0.15) is 4.31 Å². The second-order valence-electron chi connectivity index (χ2n) is 7.59. The second-order valence-corrected chi connectivity index (χ2v) is 9.48. The summed E-state index contributed by atoms with van der Waals surface area (Å²) in [5.41, 5.74) is 2.53. The van der Waals surface area contributed by atoms with Gasteiger partial charge in [-0.1, -0.05) is 6.07 Å². The van der Waals surface area contributed by atoms with Crippen LogP contribution in [0.4, 0.5) is 5.69 Å². The third-order valence-electron chi connectivity index (χ3n) is 5.94. The van der Waals surface area contributed by atoms with Gasteiger partial charge in [0.25, 0.3) is 0 Å². The van der Waals surface area contributed by atoms with Gasteiger partial charge in [-0.3, -0.25) is 4.79 Å². The van der Waals surface area contributed by atoms with Gasteiger partial charge in [0.15, 0.2) is 0 Å². The number of anilines is 1. The highest BCUT2D eigenvalue weighted by molar-refractivity contribution is 7.89. The Balaban J connectivity index is 1.69. The van der Waals surface area contributed by atoms with Crippen LogP contribution < -0.4 is 14.4 Å². The smallest absolute Gasteiger partial charge is 0.243 e. The van der Waals surface area contributed by atoms with Crippen LogP contribution in [0.3, 0.4) is 0 Å². The van der Waals surface area contributed by atoms with E-state index in [1.165, 1.54) is 6.92 Å². The van der Waals surface area contributed by atoms with Crippen LogP contribution in [0.5, 0.6) is 11.5 Å². The van der Waals surface area contributed by atoms with E-state index < -0.39 is 10.0 Å². The van der Waals surface area contributed by atoms with Crippen LogP contribution in [0, 0.1) is 0 Å². The van der Waals surface area contributed by atoms with E-state index in [0.29, 0.717) is 31.0 Å². The number of methoxy groups -OCH3 is 2. The van der Waals surface area contributed by atoms with E-state index in [2.05, 4.69) is 0 Å². The highest BCUT2D eigenvalue weighted by atomic mass is 32.2. The second kappa shape index (κ2) is 7.92. The molecule has 0 saturated carbocycles. The van der Waals surface area contributed by atoms with Gasteiger partial charge in [0, 0.05) is 37.3 Å². The van der Waals surface area contributed by atoms with E-state index in [1.807, 2.05) is 12.1 Å². The van der Waals surface area contributed by atoms with Crippen LogP contribution in [-0.4, -0.2) is 45.9 Å². The van der Waals surface area contributed by atoms with Crippen molar-refractivity contribution >= 4 is 21.6 Å². The van der Waals surface area contributed by atoms with E-state index in [0.717, 1.165) is 29.7 Å². The zero-order valence-electron chi connectivity index (χ0n) is 17.4. The fourth-order valence-electron chi connectivity index (χ4n) is 4.43. The van der Waals surface area contributed by atoms with Crippen molar-refractivity contribution in [1.82, 2.24) is 4.31 Å². The lowest BCUT2D eigenvalue weighted by molar-refractivity contribution is -0.116. The van der Waals surface area contributed by atoms with Gasteiger partial charge >= 0.3 is 0 Å². The third kappa shape index (κ3) is 3.44. The molecule has 2 heterocycles. The molecule has 2 aliphatic heterocycles. The molecule has 2 aromatic rings. The highest BCUT2D eigenvalue weighted by Gasteiger charge is 2.38. The lowest BCUT2D eigenvalue weighted by atomic mass is 10.0. The number of carbonyl (C=O) groups excluding carboxylic acids is 1. The molecular formula is C22H26N2O5S. The fourth-order valence-corrected chi connectivity index (χ4v) is 6.16. The Morgan fingerprint density at radius 1 is 1.07 bits per heavy atom. The zero-order valence-corrected chi connectivity index (χ0v) is 18.2. The van der Waals surface area contributed by atoms with Gasteiger partial charge in [-0.25, -0.2) is 8.42 Å². The van der Waals surface area contributed by atoms with Crippen molar-refractivity contribution < 1.29 is 22.7 Å². The van der Waals surface area contributed by atoms with Crippen molar-refractivity contribution in [3.63, 3.8) is 0 Å². The molecule has 1 fully saturated rings. The summed E-state index contributed by atoms with van der Waals surface area (Å²) in [6.45, 7) is 2.57. The Labute approximate surface area is 177 Å². The molecule has 30 heavy (non-hydrogen) atoms. The van der Waals surface area contributed by atoms with Crippen LogP contribution in [0.25, 0.3) is 0 Å². The summed E-state index contributed by atoms with van der Waals surface area (Å²) in [7, 11) is -0.531. The lowest BCUT2D eigenvalue weighted by Gasteiger charge is -2.26. The average Bonchev–Trinajstić information content (AvgIpc) is 3.40. The van der Waals surface area contributed by atoms with Crippen molar-refractivity contribution in [3.8, 4) is 11.5 Å². The first kappa shape index (κ1) is 20.7. The molecule has 4 rings (SSSR count). The van der Waals surface area contributed by atoms with Gasteiger partial charge < -0.3 is 14.4 Å². The minimum absolute atomic E-state index is 0.0319. The van der Waals surface area contributed by atoms with Gasteiger partial charge in [0.2, 0.25) is 15.9 Å². The van der Waals surface area contributed by atoms with E-state index in [1.54, 1.807) is 47.7 Å². The van der Waals surface area contributed by atoms with Gasteiger partial charge in [-0.05, 0) is 49.1 Å². The molecule has 0 radical (unpaired) electrons. The number of fused-ring (bicyclic) bond motifs is 1. The van der Waals surface area contributed by atoms with Crippen molar-refractivity contribution in [3.05, 3.63) is 47.5 Å². The van der Waals surface area contributed by atoms with Crippen LogP contribution in [0.15, 0.2) is 41.3 Å². The molecule has 7 nitrogen and oxygen atoms in total. The molecular weight excluding hydrogens is 404 g/mol. The summed E-state index contributed by atoms with van der Waals surface area (Å²) in [5.74, 6) is 1.25. The van der Waals surface area contributed by atoms with Gasteiger partial charge in [0.05, 0.1) is 25.2 Å². The predicted octanol–water partition coefficient (Wildman–Crippen LogP) is 3.14. The number of hydrogen-bond donors (Lipinski definition) is 0. The summed E-state index contributed by atoms with van der Waals surface area (Å²) < 4.78 is 39.4. The zero-order chi connectivity index (χ0) is 21.5. The lowest BCUT2D eigenvalue weighted by Crippen LogP contribution is -2.31. The number of benzene rings is 2. The maximum absolute atomic E-state index is 13.5. The van der Waals surface area contributed by atoms with Gasteiger partial charge in [0.1, 0.15) is 11.5 Å². The Hall–Kier alpha value is -2.58. The first-order chi connectivity index (χ1) is 14.4. The number of rotatable bonds is 5. The SMILES string of the molecule is COc1ccc(C2CCCN2S(=O)(=O)c2ccc3c(c2)CCN3C(C)=O)c(OC)c1. The first-order valence-corrected chi connectivity index (χ1v) is 11.5. The molecule has 1 amide bonds. The Bertz CT molecular complexity index is 1080. The van der Waals surface area contributed by atoms with Crippen LogP contribution >= 0.6 is 0 Å². The molecule has 8 heteroatoms. The average molecular weight is 431 g/mol. The molecule has 160 valence electrons. The van der Waals surface area contributed by atoms with E-state index in [-0.39, 0.29) is 16.8 Å². The number of hydrogen-bond acceptors (Lipinski definition) is 5. The maximum atomic E-state index is 13.5. The van der Waals surface area contributed by atoms with Gasteiger partial charge in [-0.15, -0.1) is 0 Å². The Morgan fingerprint density at radius 2 is 1.87 bits per heavy atom. The predicted molar refractivity (Wildman–Crippen MR) is 114 cm³/mol. The molecule has 0 bridgehead atoms. The van der Waals surface area contributed by atoms with Crippen LogP contribution in [0.1, 0.15) is 36.9 Å². The number of ether oxygens (including phenoxy) is 2. The Morgan fingerprint density at radius 3 is 2.57 bits per heavy atom. The number of nitrogens with zero attached hydrogens (tertiary/aromatic N) is 2. The molecule has 1 atom stereocenters. The Kier molecular flexibility index (Phi) is 5.46. The molecule has 0 spiro atoms. The minimum atomic E-state index is -3.69. The van der Waals surface area contributed by atoms with Crippen molar-refractivity contribution in [1.29, 1.82) is 0 Å². The van der Waals surface area contributed by atoms with Crippen LogP contribution in [-0.2, 0) is 21.2 Å². The number of sulfonamides is 1. The fraction of sp³-hybridized carbons (Fsp3) is 0.409. The molecule has 1 saturated heterocycles. The van der Waals surface area contributed by atoms with E-state index >= 15 is 0 Å². The largest absolute Gasteiger partial charge is 0.497 e. The highest BCUT2D eigenvalue weighted by Crippen LogP contribution is 2.42. The molecule has 0 N–H and O–H groups in total. The summed E-state index contributed by atoms with van der Waals surface area (Å²) in [6.07, 6.45) is 2.17. The quantitative estimate of drug-likeness (QED) is 0.728. The van der Waals surface area contributed by atoms with Crippen molar-refractivity contribution in [2.75, 3.05) is 32.2 Å². The normalized spacial score (nSPS) is 19.0. The summed E-state index contributed by atoms with van der Waals surface area (Å²) in [4.78, 5) is 13.7. The minimum Gasteiger partial charge on any atom is -0.497 e. The maximum Gasteiger partial charge on any atom is 0.243 e. The monoisotopic (exact) mass is 430 g/mol. The standard InChI is InChI=1S/C22H26N2O5S/c1-15(25)23-12-10-16-13-18(7-9-20(16)23)30(26,27)24-11-4-5-21(24)19-8-6-17(28-2)14-22(19)29-3/h6-9,13-14,21H,4-5,10-12H2,1-3H3. The number of carbonyl (C=O) groups is 1. The van der Waals surface area contributed by atoms with Crippen molar-refractivity contribution in [2.45, 2.75) is 37.1 Å². The summed E-state index contributed by atoms with van der Waals surface area (Å²) >= 11 is 0. The van der Waals surface area contributed by atoms with Crippen LogP contribution in [0.2, 0.25) is 0 Å².